The van der Waals surface area contributed by atoms with Crippen molar-refractivity contribution in [1.82, 2.24) is 10.3 Å². The summed E-state index contributed by atoms with van der Waals surface area (Å²) in [6.07, 6.45) is 4.97. The second-order valence-corrected chi connectivity index (χ2v) is 5.35. The molecule has 2 rings (SSSR count). The highest BCUT2D eigenvalue weighted by Crippen LogP contribution is 2.14. The van der Waals surface area contributed by atoms with Crippen LogP contribution in [0.1, 0.15) is 30.9 Å². The largest absolute Gasteiger partial charge is 0.489 e. The summed E-state index contributed by atoms with van der Waals surface area (Å²) in [6.45, 7) is 2.98. The van der Waals surface area contributed by atoms with Crippen LogP contribution in [0.3, 0.4) is 0 Å². The monoisotopic (exact) mass is 314 g/mol. The molecule has 0 aliphatic rings. The standard InChI is InChI=1S/C18H22N2O3/c1-2-4-17(18(21)22)20-12-14-6-8-16(9-7-14)23-13-15-5-3-10-19-11-15/h3,5-11,17,20H,2,4,12-13H2,1H3,(H,21,22). The predicted octanol–water partition coefficient (Wildman–Crippen LogP) is 3.00. The fourth-order valence-electron chi connectivity index (χ4n) is 2.20. The number of nitrogens with one attached hydrogen (secondary N) is 1. The zero-order chi connectivity index (χ0) is 16.5. The van der Waals surface area contributed by atoms with Gasteiger partial charge in [0.25, 0.3) is 0 Å². The van der Waals surface area contributed by atoms with E-state index < -0.39 is 12.0 Å². The molecule has 5 heteroatoms. The van der Waals surface area contributed by atoms with E-state index in [1.165, 1.54) is 0 Å². The maximum absolute atomic E-state index is 11.1. The molecular weight excluding hydrogens is 292 g/mol. The van der Waals surface area contributed by atoms with Gasteiger partial charge in [-0.3, -0.25) is 9.78 Å². The molecule has 0 radical (unpaired) electrons. The number of hydrogen-bond donors (Lipinski definition) is 2. The van der Waals surface area contributed by atoms with Gasteiger partial charge in [-0.05, 0) is 30.2 Å². The number of pyridine rings is 1. The fourth-order valence-corrected chi connectivity index (χ4v) is 2.20. The molecule has 1 aromatic carbocycles. The molecule has 1 aromatic heterocycles. The zero-order valence-electron chi connectivity index (χ0n) is 13.2. The molecule has 0 amide bonds. The van der Waals surface area contributed by atoms with Gasteiger partial charge in [-0.15, -0.1) is 0 Å². The Kier molecular flexibility index (Phi) is 6.56. The Labute approximate surface area is 136 Å². The number of hydrogen-bond acceptors (Lipinski definition) is 4. The first-order chi connectivity index (χ1) is 11.2. The molecule has 5 nitrogen and oxygen atoms in total. The average molecular weight is 314 g/mol. The molecule has 122 valence electrons. The molecule has 2 aromatic rings. The maximum Gasteiger partial charge on any atom is 0.320 e. The summed E-state index contributed by atoms with van der Waals surface area (Å²) in [7, 11) is 0. The van der Waals surface area contributed by atoms with Crippen molar-refractivity contribution >= 4 is 5.97 Å². The van der Waals surface area contributed by atoms with Gasteiger partial charge in [0.15, 0.2) is 0 Å². The van der Waals surface area contributed by atoms with Gasteiger partial charge in [0.05, 0.1) is 0 Å². The summed E-state index contributed by atoms with van der Waals surface area (Å²) in [4.78, 5) is 15.1. The van der Waals surface area contributed by atoms with Crippen molar-refractivity contribution in [3.63, 3.8) is 0 Å². The second-order valence-electron chi connectivity index (χ2n) is 5.35. The van der Waals surface area contributed by atoms with Gasteiger partial charge in [0.2, 0.25) is 0 Å². The molecule has 0 aliphatic heterocycles. The van der Waals surface area contributed by atoms with E-state index in [4.69, 9.17) is 9.84 Å². The van der Waals surface area contributed by atoms with Gasteiger partial charge >= 0.3 is 5.97 Å². The van der Waals surface area contributed by atoms with Gasteiger partial charge < -0.3 is 15.2 Å². The van der Waals surface area contributed by atoms with E-state index in [2.05, 4.69) is 10.3 Å². The number of carboxylic acids is 1. The molecule has 1 unspecified atom stereocenters. The van der Waals surface area contributed by atoms with Crippen molar-refractivity contribution in [2.45, 2.75) is 39.0 Å². The molecule has 2 N–H and O–H groups in total. The smallest absolute Gasteiger partial charge is 0.320 e. The Morgan fingerprint density at radius 3 is 2.65 bits per heavy atom. The Morgan fingerprint density at radius 2 is 2.04 bits per heavy atom. The van der Waals surface area contributed by atoms with E-state index >= 15 is 0 Å². The van der Waals surface area contributed by atoms with Crippen LogP contribution in [0.2, 0.25) is 0 Å². The number of carbonyl (C=O) groups is 1. The summed E-state index contributed by atoms with van der Waals surface area (Å²) in [5, 5.41) is 12.2. The minimum absolute atomic E-state index is 0.475. The van der Waals surface area contributed by atoms with Gasteiger partial charge in [-0.1, -0.05) is 31.5 Å². The summed E-state index contributed by atoms with van der Waals surface area (Å²) in [5.74, 6) is -0.0239. The zero-order valence-corrected chi connectivity index (χ0v) is 13.2. The molecule has 0 aliphatic carbocycles. The van der Waals surface area contributed by atoms with Crippen LogP contribution < -0.4 is 10.1 Å². The van der Waals surface area contributed by atoms with E-state index in [-0.39, 0.29) is 0 Å². The SMILES string of the molecule is CCCC(NCc1ccc(OCc2cccnc2)cc1)C(=O)O. The number of nitrogens with zero attached hydrogens (tertiary/aromatic N) is 1. The number of aromatic nitrogens is 1. The second kappa shape index (κ2) is 8.90. The molecule has 0 bridgehead atoms. The third kappa shape index (κ3) is 5.71. The Hall–Kier alpha value is -2.40. The highest BCUT2D eigenvalue weighted by molar-refractivity contribution is 5.73. The van der Waals surface area contributed by atoms with Crippen LogP contribution in [-0.2, 0) is 17.9 Å². The summed E-state index contributed by atoms with van der Waals surface area (Å²) < 4.78 is 5.69. The summed E-state index contributed by atoms with van der Waals surface area (Å²) in [5.41, 5.74) is 2.04. The number of ether oxygens (including phenoxy) is 1. The van der Waals surface area contributed by atoms with Crippen LogP contribution in [0.5, 0.6) is 5.75 Å². The number of rotatable bonds is 9. The van der Waals surface area contributed by atoms with Crippen LogP contribution in [0.15, 0.2) is 48.8 Å². The van der Waals surface area contributed by atoms with Crippen molar-refractivity contribution in [2.24, 2.45) is 0 Å². The van der Waals surface area contributed by atoms with Crippen LogP contribution >= 0.6 is 0 Å². The highest BCUT2D eigenvalue weighted by atomic mass is 16.5. The molecule has 0 spiro atoms. The minimum Gasteiger partial charge on any atom is -0.489 e. The van der Waals surface area contributed by atoms with Crippen molar-refractivity contribution in [3.05, 3.63) is 59.9 Å². The third-order valence-electron chi connectivity index (χ3n) is 3.48. The third-order valence-corrected chi connectivity index (χ3v) is 3.48. The van der Waals surface area contributed by atoms with Crippen LogP contribution in [-0.4, -0.2) is 22.1 Å². The Morgan fingerprint density at radius 1 is 1.26 bits per heavy atom. The van der Waals surface area contributed by atoms with Gasteiger partial charge in [0, 0.05) is 24.5 Å². The molecular formula is C18H22N2O3. The van der Waals surface area contributed by atoms with Crippen molar-refractivity contribution in [2.75, 3.05) is 0 Å². The summed E-state index contributed by atoms with van der Waals surface area (Å²) in [6, 6.07) is 11.0. The minimum atomic E-state index is -0.803. The average Bonchev–Trinajstić information content (AvgIpc) is 2.58. The van der Waals surface area contributed by atoms with E-state index in [1.54, 1.807) is 12.4 Å². The van der Waals surface area contributed by atoms with Crippen LogP contribution in [0.25, 0.3) is 0 Å². The number of aliphatic carboxylic acids is 1. The van der Waals surface area contributed by atoms with E-state index in [0.29, 0.717) is 19.6 Å². The highest BCUT2D eigenvalue weighted by Gasteiger charge is 2.14. The lowest BCUT2D eigenvalue weighted by atomic mass is 10.1. The normalized spacial score (nSPS) is 11.9. The predicted molar refractivity (Wildman–Crippen MR) is 88.2 cm³/mol. The fraction of sp³-hybridized carbons (Fsp3) is 0.333. The van der Waals surface area contributed by atoms with Gasteiger partial charge in [-0.2, -0.15) is 0 Å². The maximum atomic E-state index is 11.1. The van der Waals surface area contributed by atoms with E-state index in [1.807, 2.05) is 43.3 Å². The lowest BCUT2D eigenvalue weighted by molar-refractivity contribution is -0.139. The van der Waals surface area contributed by atoms with E-state index in [0.717, 1.165) is 23.3 Å². The molecule has 0 saturated heterocycles. The Balaban J connectivity index is 1.83. The van der Waals surface area contributed by atoms with Crippen molar-refractivity contribution < 1.29 is 14.6 Å². The van der Waals surface area contributed by atoms with Crippen molar-refractivity contribution in [1.29, 1.82) is 0 Å². The van der Waals surface area contributed by atoms with Crippen LogP contribution in [0, 0.1) is 0 Å². The first-order valence-electron chi connectivity index (χ1n) is 7.76. The molecule has 0 saturated carbocycles. The summed E-state index contributed by atoms with van der Waals surface area (Å²) >= 11 is 0. The number of benzene rings is 1. The Bertz CT molecular complexity index is 599. The quantitative estimate of drug-likeness (QED) is 0.744. The molecule has 1 atom stereocenters. The van der Waals surface area contributed by atoms with Crippen molar-refractivity contribution in [3.8, 4) is 5.75 Å². The lowest BCUT2D eigenvalue weighted by Crippen LogP contribution is -2.35. The van der Waals surface area contributed by atoms with Crippen LogP contribution in [0.4, 0.5) is 0 Å². The first-order valence-corrected chi connectivity index (χ1v) is 7.76. The topological polar surface area (TPSA) is 71.5 Å². The van der Waals surface area contributed by atoms with Gasteiger partial charge in [0.1, 0.15) is 18.4 Å². The molecule has 23 heavy (non-hydrogen) atoms. The first kappa shape index (κ1) is 17.0. The molecule has 1 heterocycles. The number of carboxylic acid groups (broad SMARTS) is 1. The lowest BCUT2D eigenvalue weighted by Gasteiger charge is -2.13. The van der Waals surface area contributed by atoms with Gasteiger partial charge in [-0.25, -0.2) is 0 Å². The van der Waals surface area contributed by atoms with E-state index in [9.17, 15) is 4.79 Å². The molecule has 0 fully saturated rings.